The van der Waals surface area contributed by atoms with Gasteiger partial charge in [0.2, 0.25) is 0 Å². The van der Waals surface area contributed by atoms with Crippen molar-refractivity contribution in [3.8, 4) is 0 Å². The van der Waals surface area contributed by atoms with E-state index in [2.05, 4.69) is 10.3 Å². The van der Waals surface area contributed by atoms with Gasteiger partial charge in [-0.2, -0.15) is 0 Å². The molecule has 1 rings (SSSR count). The predicted octanol–water partition coefficient (Wildman–Crippen LogP) is 1.55. The van der Waals surface area contributed by atoms with Gasteiger partial charge in [-0.1, -0.05) is 12.2 Å². The zero-order valence-corrected chi connectivity index (χ0v) is 10.4. The molecule has 0 aromatic carbocycles. The van der Waals surface area contributed by atoms with Crippen LogP contribution in [0.15, 0.2) is 18.3 Å². The maximum Gasteiger partial charge on any atom is 0.126 e. The molecule has 16 heavy (non-hydrogen) atoms. The second kappa shape index (κ2) is 6.40. The van der Waals surface area contributed by atoms with Crippen molar-refractivity contribution >= 4 is 23.0 Å². The highest BCUT2D eigenvalue weighted by atomic mass is 32.1. The van der Waals surface area contributed by atoms with Crippen molar-refractivity contribution < 1.29 is 4.74 Å². The molecule has 5 heteroatoms. The van der Waals surface area contributed by atoms with Gasteiger partial charge in [-0.3, -0.25) is 0 Å². The molecule has 0 radical (unpaired) electrons. The third-order valence-corrected chi connectivity index (χ3v) is 2.30. The van der Waals surface area contributed by atoms with Crippen molar-refractivity contribution in [3.05, 3.63) is 23.9 Å². The van der Waals surface area contributed by atoms with Gasteiger partial charge in [-0.05, 0) is 26.0 Å². The first-order chi connectivity index (χ1) is 7.63. The minimum absolute atomic E-state index is 0.153. The Morgan fingerprint density at radius 3 is 3.06 bits per heavy atom. The molecule has 0 saturated carbocycles. The normalized spacial score (nSPS) is 12.1. The molecule has 0 aliphatic rings. The molecule has 3 N–H and O–H groups in total. The number of hydrogen-bond donors (Lipinski definition) is 2. The summed E-state index contributed by atoms with van der Waals surface area (Å²) in [6.45, 7) is 5.40. The Kier molecular flexibility index (Phi) is 5.14. The first-order valence-corrected chi connectivity index (χ1v) is 5.65. The molecule has 0 spiro atoms. The maximum absolute atomic E-state index is 5.54. The SMILES string of the molecule is CCOC(C)CNc1cc(C(N)=S)ccn1. The van der Waals surface area contributed by atoms with Gasteiger partial charge in [0, 0.05) is 24.9 Å². The van der Waals surface area contributed by atoms with Gasteiger partial charge >= 0.3 is 0 Å². The van der Waals surface area contributed by atoms with Gasteiger partial charge in [0.15, 0.2) is 0 Å². The van der Waals surface area contributed by atoms with Crippen LogP contribution in [0.3, 0.4) is 0 Å². The minimum atomic E-state index is 0.153. The number of thiocarbonyl (C=S) groups is 1. The molecule has 0 bridgehead atoms. The smallest absolute Gasteiger partial charge is 0.126 e. The summed E-state index contributed by atoms with van der Waals surface area (Å²) in [6, 6.07) is 3.63. The van der Waals surface area contributed by atoms with E-state index in [9.17, 15) is 0 Å². The Hall–Kier alpha value is -1.20. The van der Waals surface area contributed by atoms with Crippen molar-refractivity contribution in [1.29, 1.82) is 0 Å². The van der Waals surface area contributed by atoms with Crippen molar-refractivity contribution in [1.82, 2.24) is 4.98 Å². The molecular weight excluding hydrogens is 222 g/mol. The van der Waals surface area contributed by atoms with Gasteiger partial charge in [-0.15, -0.1) is 0 Å². The second-order valence-corrected chi connectivity index (χ2v) is 3.88. The number of hydrogen-bond acceptors (Lipinski definition) is 4. The van der Waals surface area contributed by atoms with E-state index in [0.717, 1.165) is 11.4 Å². The van der Waals surface area contributed by atoms with Crippen molar-refractivity contribution in [2.45, 2.75) is 20.0 Å². The highest BCUT2D eigenvalue weighted by Crippen LogP contribution is 2.07. The Labute approximate surface area is 101 Å². The first kappa shape index (κ1) is 12.9. The fourth-order valence-electron chi connectivity index (χ4n) is 1.27. The van der Waals surface area contributed by atoms with Crippen molar-refractivity contribution in [2.75, 3.05) is 18.5 Å². The summed E-state index contributed by atoms with van der Waals surface area (Å²) in [7, 11) is 0. The first-order valence-electron chi connectivity index (χ1n) is 5.24. The summed E-state index contributed by atoms with van der Waals surface area (Å²) < 4.78 is 5.40. The van der Waals surface area contributed by atoms with Crippen LogP contribution in [0, 0.1) is 0 Å². The summed E-state index contributed by atoms with van der Waals surface area (Å²) in [5, 5.41) is 3.17. The van der Waals surface area contributed by atoms with Crippen LogP contribution in [0.25, 0.3) is 0 Å². The topological polar surface area (TPSA) is 60.2 Å². The summed E-state index contributed by atoms with van der Waals surface area (Å²) in [6.07, 6.45) is 1.84. The largest absolute Gasteiger partial charge is 0.389 e. The summed E-state index contributed by atoms with van der Waals surface area (Å²) in [5.74, 6) is 0.761. The molecule has 0 aliphatic carbocycles. The van der Waals surface area contributed by atoms with Crippen LogP contribution >= 0.6 is 12.2 Å². The van der Waals surface area contributed by atoms with E-state index in [4.69, 9.17) is 22.7 Å². The number of nitrogens with two attached hydrogens (primary N) is 1. The lowest BCUT2D eigenvalue weighted by molar-refractivity contribution is 0.0855. The van der Waals surface area contributed by atoms with Crippen LogP contribution in [-0.2, 0) is 4.74 Å². The number of aromatic nitrogens is 1. The number of pyridine rings is 1. The molecule has 1 heterocycles. The third kappa shape index (κ3) is 4.12. The van der Waals surface area contributed by atoms with Gasteiger partial charge < -0.3 is 15.8 Å². The van der Waals surface area contributed by atoms with E-state index < -0.39 is 0 Å². The maximum atomic E-state index is 5.54. The van der Waals surface area contributed by atoms with Gasteiger partial charge in [0.1, 0.15) is 10.8 Å². The highest BCUT2D eigenvalue weighted by molar-refractivity contribution is 7.80. The standard InChI is InChI=1S/C11H17N3OS/c1-3-15-8(2)7-14-10-6-9(11(12)16)4-5-13-10/h4-6,8H,3,7H2,1-2H3,(H2,12,16)(H,13,14). The zero-order valence-electron chi connectivity index (χ0n) is 9.56. The van der Waals surface area contributed by atoms with Crippen molar-refractivity contribution in [3.63, 3.8) is 0 Å². The number of rotatable bonds is 6. The molecule has 1 aromatic rings. The van der Waals surface area contributed by atoms with Gasteiger partial charge in [0.05, 0.1) is 6.10 Å². The van der Waals surface area contributed by atoms with E-state index in [1.807, 2.05) is 19.9 Å². The average Bonchev–Trinajstić information content (AvgIpc) is 2.27. The molecular formula is C11H17N3OS. The fraction of sp³-hybridized carbons (Fsp3) is 0.455. The van der Waals surface area contributed by atoms with Crippen LogP contribution in [0.5, 0.6) is 0 Å². The molecule has 4 nitrogen and oxygen atoms in total. The van der Waals surface area contributed by atoms with Crippen LogP contribution in [0.1, 0.15) is 19.4 Å². The average molecular weight is 239 g/mol. The van der Waals surface area contributed by atoms with Crippen LogP contribution < -0.4 is 11.1 Å². The third-order valence-electron chi connectivity index (χ3n) is 2.07. The lowest BCUT2D eigenvalue weighted by atomic mass is 10.2. The molecule has 88 valence electrons. The van der Waals surface area contributed by atoms with E-state index in [1.54, 1.807) is 12.3 Å². The Morgan fingerprint density at radius 2 is 2.44 bits per heavy atom. The summed E-state index contributed by atoms with van der Waals surface area (Å²) >= 11 is 4.90. The molecule has 1 atom stereocenters. The van der Waals surface area contributed by atoms with Gasteiger partial charge in [-0.25, -0.2) is 4.98 Å². The number of anilines is 1. The fourth-order valence-corrected chi connectivity index (χ4v) is 1.40. The van der Waals surface area contributed by atoms with Crippen molar-refractivity contribution in [2.24, 2.45) is 5.73 Å². The molecule has 0 aliphatic heterocycles. The lowest BCUT2D eigenvalue weighted by Crippen LogP contribution is -2.20. The van der Waals surface area contributed by atoms with E-state index >= 15 is 0 Å². The molecule has 0 fully saturated rings. The molecule has 1 aromatic heterocycles. The van der Waals surface area contributed by atoms with Gasteiger partial charge in [0.25, 0.3) is 0 Å². The number of nitrogens with zero attached hydrogens (tertiary/aromatic N) is 1. The summed E-state index contributed by atoms with van der Waals surface area (Å²) in [4.78, 5) is 4.55. The number of ether oxygens (including phenoxy) is 1. The number of nitrogens with one attached hydrogen (secondary N) is 1. The second-order valence-electron chi connectivity index (χ2n) is 3.44. The Morgan fingerprint density at radius 1 is 1.69 bits per heavy atom. The van der Waals surface area contributed by atoms with E-state index in [1.165, 1.54) is 0 Å². The van der Waals surface area contributed by atoms with Crippen LogP contribution in [-0.4, -0.2) is 29.2 Å². The Bertz CT molecular complexity index is 357. The monoisotopic (exact) mass is 239 g/mol. The molecule has 0 saturated heterocycles. The Balaban J connectivity index is 2.54. The minimum Gasteiger partial charge on any atom is -0.389 e. The van der Waals surface area contributed by atoms with Crippen LogP contribution in [0.2, 0.25) is 0 Å². The summed E-state index contributed by atoms with van der Waals surface area (Å²) in [5.41, 5.74) is 6.35. The highest BCUT2D eigenvalue weighted by Gasteiger charge is 2.02. The molecule has 1 unspecified atom stereocenters. The lowest BCUT2D eigenvalue weighted by Gasteiger charge is -2.13. The zero-order chi connectivity index (χ0) is 12.0. The quantitative estimate of drug-likeness (QED) is 0.738. The predicted molar refractivity (Wildman–Crippen MR) is 69.7 cm³/mol. The molecule has 0 amide bonds. The van der Waals surface area contributed by atoms with E-state index in [0.29, 0.717) is 18.1 Å². The van der Waals surface area contributed by atoms with Crippen LogP contribution in [0.4, 0.5) is 5.82 Å². The van der Waals surface area contributed by atoms with E-state index in [-0.39, 0.29) is 6.10 Å².